The number of aromatic nitrogens is 3. The van der Waals surface area contributed by atoms with Gasteiger partial charge in [-0.3, -0.25) is 4.79 Å². The third-order valence-corrected chi connectivity index (χ3v) is 9.22. The van der Waals surface area contributed by atoms with Crippen molar-refractivity contribution in [3.8, 4) is 11.6 Å². The fourth-order valence-electron chi connectivity index (χ4n) is 4.80. The number of H-pyrrole nitrogens is 1. The molecule has 1 unspecified atom stereocenters. The Morgan fingerprint density at radius 1 is 1.15 bits per heavy atom. The fourth-order valence-corrected chi connectivity index (χ4v) is 6.53. The van der Waals surface area contributed by atoms with Gasteiger partial charge in [0.1, 0.15) is 17.8 Å². The Labute approximate surface area is 223 Å². The molecule has 1 aliphatic heterocycles. The Bertz CT molecular complexity index is 1620. The monoisotopic (exact) mass is 555 g/mol. The molecule has 2 aromatic heterocycles. The number of sulfone groups is 1. The van der Waals surface area contributed by atoms with E-state index in [-0.39, 0.29) is 54.8 Å². The Balaban J connectivity index is 1.19. The summed E-state index contributed by atoms with van der Waals surface area (Å²) in [5.74, 6) is -1.27. The number of rotatable bonds is 7. The lowest BCUT2D eigenvalue weighted by Crippen LogP contribution is -2.49. The molecule has 204 valence electrons. The van der Waals surface area contributed by atoms with Gasteiger partial charge in [-0.15, -0.1) is 0 Å². The third-order valence-electron chi connectivity index (χ3n) is 6.94. The number of hydrogen-bond acceptors (Lipinski definition) is 7. The van der Waals surface area contributed by atoms with Crippen LogP contribution in [0, 0.1) is 18.6 Å². The van der Waals surface area contributed by atoms with Gasteiger partial charge >= 0.3 is 0 Å². The third kappa shape index (κ3) is 5.48. The zero-order valence-corrected chi connectivity index (χ0v) is 21.9. The average Bonchev–Trinajstić information content (AvgIpc) is 3.31. The summed E-state index contributed by atoms with van der Waals surface area (Å²) >= 11 is 0. The maximum Gasteiger partial charge on any atom is 0.239 e. The number of fused-ring (bicyclic) bond motifs is 1. The quantitative estimate of drug-likeness (QED) is 0.333. The maximum atomic E-state index is 14.9. The van der Waals surface area contributed by atoms with Gasteiger partial charge < -0.3 is 20.4 Å². The minimum absolute atomic E-state index is 0.0244. The summed E-state index contributed by atoms with van der Waals surface area (Å²) in [5.41, 5.74) is 8.12. The molecule has 1 fully saturated rings. The van der Waals surface area contributed by atoms with Crippen LogP contribution in [-0.2, 0) is 21.1 Å². The van der Waals surface area contributed by atoms with Crippen LogP contribution in [-0.4, -0.2) is 58.6 Å². The molecule has 39 heavy (non-hydrogen) atoms. The smallest absolute Gasteiger partial charge is 0.239 e. The molecule has 1 amide bonds. The van der Waals surface area contributed by atoms with Crippen molar-refractivity contribution in [2.24, 2.45) is 5.73 Å². The molecule has 5 rings (SSSR count). The van der Waals surface area contributed by atoms with Crippen LogP contribution in [0.25, 0.3) is 11.0 Å². The van der Waals surface area contributed by atoms with E-state index < -0.39 is 32.8 Å². The second-order valence-electron chi connectivity index (χ2n) is 9.58. The first-order valence-electron chi connectivity index (χ1n) is 12.4. The summed E-state index contributed by atoms with van der Waals surface area (Å²) in [4.78, 5) is 25.8. The lowest BCUT2D eigenvalue weighted by atomic mass is 10.0. The Kier molecular flexibility index (Phi) is 7.32. The standard InChI is InChI=1S/C27H27F2N5O4S/c1-16-14-31-25-24(16)26(33-15-32-25)38-23-7-2-17(12-21(23)29)13-22(30)27(35)34-10-8-20(9-11-34)39(36,37)19-5-3-18(28)4-6-19/h2-7,12,14-15,20,22H,8-11,13,30H2,1H3,(H,31,32,33). The van der Waals surface area contributed by atoms with E-state index in [4.69, 9.17) is 10.5 Å². The van der Waals surface area contributed by atoms with Crippen LogP contribution in [0.5, 0.6) is 11.6 Å². The van der Waals surface area contributed by atoms with Crippen molar-refractivity contribution in [1.29, 1.82) is 0 Å². The van der Waals surface area contributed by atoms with Crippen LogP contribution in [0.4, 0.5) is 8.78 Å². The summed E-state index contributed by atoms with van der Waals surface area (Å²) in [7, 11) is -3.64. The van der Waals surface area contributed by atoms with E-state index in [0.29, 0.717) is 16.6 Å². The van der Waals surface area contributed by atoms with Crippen molar-refractivity contribution in [1.82, 2.24) is 19.9 Å². The van der Waals surface area contributed by atoms with Crippen LogP contribution >= 0.6 is 0 Å². The number of aryl methyl sites for hydroxylation is 1. The largest absolute Gasteiger partial charge is 0.435 e. The number of carbonyl (C=O) groups is 1. The number of ether oxygens (including phenoxy) is 1. The van der Waals surface area contributed by atoms with Gasteiger partial charge in [-0.25, -0.2) is 27.2 Å². The molecule has 12 heteroatoms. The zero-order valence-electron chi connectivity index (χ0n) is 21.1. The second kappa shape index (κ2) is 10.7. The Morgan fingerprint density at radius 3 is 2.56 bits per heavy atom. The molecule has 1 saturated heterocycles. The number of aromatic amines is 1. The maximum absolute atomic E-state index is 14.9. The van der Waals surface area contributed by atoms with Crippen LogP contribution in [0.3, 0.4) is 0 Å². The van der Waals surface area contributed by atoms with Gasteiger partial charge in [0.25, 0.3) is 0 Å². The van der Waals surface area contributed by atoms with Crippen molar-refractivity contribution in [2.75, 3.05) is 13.1 Å². The summed E-state index contributed by atoms with van der Waals surface area (Å²) in [6, 6.07) is 8.18. The number of carbonyl (C=O) groups excluding carboxylic acids is 1. The number of piperidine rings is 1. The number of halogens is 2. The summed E-state index contributed by atoms with van der Waals surface area (Å²) in [5, 5.41) is -0.0149. The van der Waals surface area contributed by atoms with Crippen molar-refractivity contribution in [3.05, 3.63) is 77.8 Å². The van der Waals surface area contributed by atoms with Gasteiger partial charge in [-0.05, 0) is 73.7 Å². The molecular weight excluding hydrogens is 528 g/mol. The van der Waals surface area contributed by atoms with E-state index in [1.807, 2.05) is 6.92 Å². The number of benzene rings is 2. The predicted molar refractivity (Wildman–Crippen MR) is 140 cm³/mol. The molecule has 0 bridgehead atoms. The molecule has 0 aliphatic carbocycles. The van der Waals surface area contributed by atoms with Crippen molar-refractivity contribution in [3.63, 3.8) is 0 Å². The summed E-state index contributed by atoms with van der Waals surface area (Å²) in [6.45, 7) is 2.31. The average molecular weight is 556 g/mol. The van der Waals surface area contributed by atoms with Crippen molar-refractivity contribution < 1.29 is 26.7 Å². The normalized spacial score (nSPS) is 15.4. The number of amides is 1. The SMILES string of the molecule is Cc1c[nH]c2ncnc(Oc3ccc(CC(N)C(=O)N4CCC(S(=O)(=O)c5ccc(F)cc5)CC4)cc3F)c12. The first-order chi connectivity index (χ1) is 18.6. The number of likely N-dealkylation sites (tertiary alicyclic amines) is 1. The van der Waals surface area contributed by atoms with Crippen LogP contribution in [0.1, 0.15) is 24.0 Å². The highest BCUT2D eigenvalue weighted by molar-refractivity contribution is 7.92. The van der Waals surface area contributed by atoms with Crippen molar-refractivity contribution in [2.45, 2.75) is 42.4 Å². The minimum Gasteiger partial charge on any atom is -0.435 e. The Morgan fingerprint density at radius 2 is 1.87 bits per heavy atom. The van der Waals surface area contributed by atoms with Gasteiger partial charge in [0.2, 0.25) is 11.8 Å². The van der Waals surface area contributed by atoms with Gasteiger partial charge in [-0.1, -0.05) is 6.07 Å². The molecule has 0 saturated carbocycles. The Hall–Kier alpha value is -3.90. The van der Waals surface area contributed by atoms with E-state index in [0.717, 1.165) is 17.7 Å². The van der Waals surface area contributed by atoms with Gasteiger partial charge in [-0.2, -0.15) is 0 Å². The number of nitrogens with one attached hydrogen (secondary N) is 1. The first-order valence-corrected chi connectivity index (χ1v) is 14.0. The molecule has 3 N–H and O–H groups in total. The predicted octanol–water partition coefficient (Wildman–Crippen LogP) is 3.67. The van der Waals surface area contributed by atoms with Gasteiger partial charge in [0, 0.05) is 19.3 Å². The molecule has 3 heterocycles. The highest BCUT2D eigenvalue weighted by atomic mass is 32.2. The first kappa shape index (κ1) is 26.7. The lowest BCUT2D eigenvalue weighted by molar-refractivity contribution is -0.133. The van der Waals surface area contributed by atoms with E-state index >= 15 is 0 Å². The summed E-state index contributed by atoms with van der Waals surface area (Å²) in [6.07, 6.45) is 3.67. The number of nitrogens with zero attached hydrogens (tertiary/aromatic N) is 3. The van der Waals surface area contributed by atoms with Crippen LogP contribution < -0.4 is 10.5 Å². The number of hydrogen-bond donors (Lipinski definition) is 2. The highest BCUT2D eigenvalue weighted by Crippen LogP contribution is 2.31. The molecule has 1 atom stereocenters. The summed E-state index contributed by atoms with van der Waals surface area (Å²) < 4.78 is 59.6. The molecule has 1 aliphatic rings. The van der Waals surface area contributed by atoms with E-state index in [1.54, 1.807) is 12.3 Å². The van der Waals surface area contributed by atoms with Gasteiger partial charge in [0.15, 0.2) is 21.4 Å². The molecule has 9 nitrogen and oxygen atoms in total. The molecule has 2 aromatic carbocycles. The topological polar surface area (TPSA) is 131 Å². The highest BCUT2D eigenvalue weighted by Gasteiger charge is 2.34. The van der Waals surface area contributed by atoms with E-state index in [2.05, 4.69) is 15.0 Å². The van der Waals surface area contributed by atoms with Crippen LogP contribution in [0.15, 0.2) is 59.9 Å². The lowest BCUT2D eigenvalue weighted by Gasteiger charge is -2.33. The van der Waals surface area contributed by atoms with E-state index in [9.17, 15) is 22.0 Å². The minimum atomic E-state index is -3.64. The van der Waals surface area contributed by atoms with Crippen LogP contribution in [0.2, 0.25) is 0 Å². The fraction of sp³-hybridized carbons (Fsp3) is 0.296. The second-order valence-corrected chi connectivity index (χ2v) is 11.8. The van der Waals surface area contributed by atoms with Gasteiger partial charge in [0.05, 0.1) is 21.6 Å². The molecule has 0 spiro atoms. The molecule has 0 radical (unpaired) electrons. The van der Waals surface area contributed by atoms with E-state index in [1.165, 1.54) is 35.5 Å². The van der Waals surface area contributed by atoms with Crippen molar-refractivity contribution >= 4 is 26.8 Å². The molecular formula is C27H27F2N5O4S. The zero-order chi connectivity index (χ0) is 27.7. The molecule has 4 aromatic rings. The number of nitrogens with two attached hydrogens (primary N) is 1.